The van der Waals surface area contributed by atoms with E-state index in [9.17, 15) is 4.79 Å². The van der Waals surface area contributed by atoms with Crippen LogP contribution in [0.2, 0.25) is 0 Å². The molecule has 0 aliphatic carbocycles. The van der Waals surface area contributed by atoms with Gasteiger partial charge in [0.15, 0.2) is 0 Å². The molecule has 0 bridgehead atoms. The lowest BCUT2D eigenvalue weighted by atomic mass is 10.3. The van der Waals surface area contributed by atoms with Crippen molar-refractivity contribution in [3.8, 4) is 0 Å². The minimum absolute atomic E-state index is 0.0180. The van der Waals surface area contributed by atoms with Crippen LogP contribution < -0.4 is 5.73 Å². The molecule has 2 N–H and O–H groups in total. The maximum Gasteiger partial charge on any atom is 0.274 e. The molecule has 0 fully saturated rings. The Morgan fingerprint density at radius 2 is 2.06 bits per heavy atom. The summed E-state index contributed by atoms with van der Waals surface area (Å²) in [5.41, 5.74) is 5.97. The van der Waals surface area contributed by atoms with E-state index in [0.717, 1.165) is 25.9 Å². The Labute approximate surface area is 103 Å². The summed E-state index contributed by atoms with van der Waals surface area (Å²) in [6.45, 7) is 6.97. The molecule has 0 saturated heterocycles. The second kappa shape index (κ2) is 7.06. The van der Waals surface area contributed by atoms with E-state index in [2.05, 4.69) is 18.8 Å². The number of carbonyl (C=O) groups excluding carboxylic acids is 1. The van der Waals surface area contributed by atoms with Crippen LogP contribution in [-0.4, -0.2) is 40.0 Å². The number of rotatable bonds is 7. The molecule has 5 heteroatoms. The number of nitrogens with two attached hydrogens (primary N) is 1. The average molecular weight is 238 g/mol. The predicted molar refractivity (Wildman–Crippen MR) is 67.8 cm³/mol. The van der Waals surface area contributed by atoms with Crippen LogP contribution in [0.15, 0.2) is 12.5 Å². The highest BCUT2D eigenvalue weighted by molar-refractivity contribution is 5.92. The van der Waals surface area contributed by atoms with E-state index in [4.69, 9.17) is 5.73 Å². The number of imidazole rings is 1. The van der Waals surface area contributed by atoms with Gasteiger partial charge in [0.1, 0.15) is 5.69 Å². The molecule has 1 amide bonds. The third-order valence-corrected chi connectivity index (χ3v) is 2.51. The molecule has 1 aromatic heterocycles. The van der Waals surface area contributed by atoms with Crippen molar-refractivity contribution in [2.45, 2.75) is 33.2 Å². The Bertz CT molecular complexity index is 342. The molecule has 0 aliphatic heterocycles. The largest absolute Gasteiger partial charge is 0.337 e. The third kappa shape index (κ3) is 3.85. The molecule has 96 valence electrons. The Morgan fingerprint density at radius 3 is 2.59 bits per heavy atom. The van der Waals surface area contributed by atoms with Gasteiger partial charge in [-0.15, -0.1) is 0 Å². The molecule has 0 aliphatic rings. The number of aromatic nitrogens is 2. The second-order valence-electron chi connectivity index (χ2n) is 4.08. The first-order chi connectivity index (χ1) is 8.22. The average Bonchev–Trinajstić information content (AvgIpc) is 2.77. The standard InChI is InChI=1S/C12H22N4O/c1-3-6-16(7-4-2)12(17)11-9-15(8-5-13)10-14-11/h9-10H,3-8,13H2,1-2H3. The molecule has 0 atom stereocenters. The van der Waals surface area contributed by atoms with Gasteiger partial charge < -0.3 is 15.2 Å². The minimum Gasteiger partial charge on any atom is -0.337 e. The Kier molecular flexibility index (Phi) is 5.69. The van der Waals surface area contributed by atoms with E-state index in [1.807, 2.05) is 9.47 Å². The van der Waals surface area contributed by atoms with Crippen molar-refractivity contribution < 1.29 is 4.79 Å². The SMILES string of the molecule is CCCN(CCC)C(=O)c1cn(CCN)cn1. The Balaban J connectivity index is 2.70. The van der Waals surface area contributed by atoms with E-state index >= 15 is 0 Å². The van der Waals surface area contributed by atoms with Crippen molar-refractivity contribution in [1.82, 2.24) is 14.5 Å². The summed E-state index contributed by atoms with van der Waals surface area (Å²) in [6.07, 6.45) is 5.37. The van der Waals surface area contributed by atoms with Crippen molar-refractivity contribution in [3.63, 3.8) is 0 Å². The highest BCUT2D eigenvalue weighted by atomic mass is 16.2. The first-order valence-electron chi connectivity index (χ1n) is 6.24. The Morgan fingerprint density at radius 1 is 1.41 bits per heavy atom. The quantitative estimate of drug-likeness (QED) is 0.773. The zero-order valence-electron chi connectivity index (χ0n) is 10.7. The topological polar surface area (TPSA) is 64.2 Å². The van der Waals surface area contributed by atoms with Crippen LogP contribution in [0.5, 0.6) is 0 Å². The second-order valence-corrected chi connectivity index (χ2v) is 4.08. The van der Waals surface area contributed by atoms with Crippen molar-refractivity contribution in [3.05, 3.63) is 18.2 Å². The molecule has 0 spiro atoms. The van der Waals surface area contributed by atoms with Gasteiger partial charge in [-0.1, -0.05) is 13.8 Å². The summed E-state index contributed by atoms with van der Waals surface area (Å²) in [4.78, 5) is 18.2. The van der Waals surface area contributed by atoms with E-state index < -0.39 is 0 Å². The number of hydrogen-bond acceptors (Lipinski definition) is 3. The smallest absolute Gasteiger partial charge is 0.274 e. The van der Waals surface area contributed by atoms with Gasteiger partial charge in [0, 0.05) is 32.4 Å². The van der Waals surface area contributed by atoms with Crippen LogP contribution in [-0.2, 0) is 6.54 Å². The van der Waals surface area contributed by atoms with Gasteiger partial charge in [-0.05, 0) is 12.8 Å². The fraction of sp³-hybridized carbons (Fsp3) is 0.667. The van der Waals surface area contributed by atoms with E-state index in [-0.39, 0.29) is 5.91 Å². The van der Waals surface area contributed by atoms with Crippen LogP contribution >= 0.6 is 0 Å². The number of carbonyl (C=O) groups is 1. The van der Waals surface area contributed by atoms with Gasteiger partial charge in [-0.2, -0.15) is 0 Å². The number of hydrogen-bond donors (Lipinski definition) is 1. The van der Waals surface area contributed by atoms with Crippen molar-refractivity contribution in [2.24, 2.45) is 5.73 Å². The molecule has 5 nitrogen and oxygen atoms in total. The van der Waals surface area contributed by atoms with Gasteiger partial charge >= 0.3 is 0 Å². The fourth-order valence-electron chi connectivity index (χ4n) is 1.76. The lowest BCUT2D eigenvalue weighted by Gasteiger charge is -2.20. The normalized spacial score (nSPS) is 10.5. The van der Waals surface area contributed by atoms with Crippen molar-refractivity contribution in [2.75, 3.05) is 19.6 Å². The monoisotopic (exact) mass is 238 g/mol. The summed E-state index contributed by atoms with van der Waals surface area (Å²) >= 11 is 0. The van der Waals surface area contributed by atoms with Crippen LogP contribution in [0.3, 0.4) is 0 Å². The van der Waals surface area contributed by atoms with Crippen LogP contribution in [0.1, 0.15) is 37.2 Å². The van der Waals surface area contributed by atoms with E-state index in [1.165, 1.54) is 0 Å². The summed E-state index contributed by atoms with van der Waals surface area (Å²) in [6, 6.07) is 0. The first kappa shape index (κ1) is 13.7. The summed E-state index contributed by atoms with van der Waals surface area (Å²) < 4.78 is 1.85. The van der Waals surface area contributed by atoms with Gasteiger partial charge in [0.25, 0.3) is 5.91 Å². The predicted octanol–water partition coefficient (Wildman–Crippen LogP) is 1.10. The highest BCUT2D eigenvalue weighted by Crippen LogP contribution is 2.04. The molecule has 0 unspecified atom stereocenters. The van der Waals surface area contributed by atoms with E-state index in [1.54, 1.807) is 12.5 Å². The molecule has 0 aromatic carbocycles. The van der Waals surface area contributed by atoms with Crippen molar-refractivity contribution in [1.29, 1.82) is 0 Å². The molecule has 1 rings (SSSR count). The van der Waals surface area contributed by atoms with E-state index in [0.29, 0.717) is 18.8 Å². The van der Waals surface area contributed by atoms with Crippen LogP contribution in [0, 0.1) is 0 Å². The van der Waals surface area contributed by atoms with Crippen molar-refractivity contribution >= 4 is 5.91 Å². The molecule has 17 heavy (non-hydrogen) atoms. The van der Waals surface area contributed by atoms with Gasteiger partial charge in [-0.3, -0.25) is 4.79 Å². The zero-order valence-corrected chi connectivity index (χ0v) is 10.7. The Hall–Kier alpha value is -1.36. The third-order valence-electron chi connectivity index (χ3n) is 2.51. The molecular weight excluding hydrogens is 216 g/mol. The van der Waals surface area contributed by atoms with Gasteiger partial charge in [0.2, 0.25) is 0 Å². The highest BCUT2D eigenvalue weighted by Gasteiger charge is 2.16. The fourth-order valence-corrected chi connectivity index (χ4v) is 1.76. The molecule has 0 saturated carbocycles. The van der Waals surface area contributed by atoms with Gasteiger partial charge in [0.05, 0.1) is 6.33 Å². The first-order valence-corrected chi connectivity index (χ1v) is 6.24. The van der Waals surface area contributed by atoms with Crippen LogP contribution in [0.25, 0.3) is 0 Å². The summed E-state index contributed by atoms with van der Waals surface area (Å²) in [5.74, 6) is 0.0180. The lowest BCUT2D eigenvalue weighted by molar-refractivity contribution is 0.0750. The minimum atomic E-state index is 0.0180. The van der Waals surface area contributed by atoms with Gasteiger partial charge in [-0.25, -0.2) is 4.98 Å². The maximum atomic E-state index is 12.2. The molecular formula is C12H22N4O. The number of nitrogens with zero attached hydrogens (tertiary/aromatic N) is 3. The summed E-state index contributed by atoms with van der Waals surface area (Å²) in [5, 5.41) is 0. The molecule has 1 aromatic rings. The lowest BCUT2D eigenvalue weighted by Crippen LogP contribution is -2.32. The van der Waals surface area contributed by atoms with Crippen LogP contribution in [0.4, 0.5) is 0 Å². The molecule has 0 radical (unpaired) electrons. The maximum absolute atomic E-state index is 12.2. The number of amides is 1. The molecule has 1 heterocycles. The summed E-state index contributed by atoms with van der Waals surface area (Å²) in [7, 11) is 0. The zero-order chi connectivity index (χ0) is 12.7.